The van der Waals surface area contributed by atoms with Crippen LogP contribution in [-0.4, -0.2) is 17.2 Å². The van der Waals surface area contributed by atoms with Crippen LogP contribution >= 0.6 is 0 Å². The van der Waals surface area contributed by atoms with Crippen LogP contribution in [-0.2, 0) is 17.0 Å². The van der Waals surface area contributed by atoms with Gasteiger partial charge in [0.15, 0.2) is 0 Å². The maximum Gasteiger partial charge on any atom is 0.489 e. The van der Waals surface area contributed by atoms with Crippen LogP contribution in [0.4, 0.5) is 13.2 Å². The van der Waals surface area contributed by atoms with Crippen molar-refractivity contribution in [2.45, 2.75) is 57.5 Å². The van der Waals surface area contributed by atoms with Crippen molar-refractivity contribution in [3.8, 4) is 0 Å². The molecular formula is C15H20BF3O2. The molecule has 6 heteroatoms. The molecule has 0 saturated heterocycles. The second-order valence-corrected chi connectivity index (χ2v) is 7.12. The minimum absolute atomic E-state index is 0.279. The monoisotopic (exact) mass is 300 g/mol. The van der Waals surface area contributed by atoms with E-state index in [1.165, 1.54) is 6.07 Å². The first-order chi connectivity index (χ1) is 9.36. The van der Waals surface area contributed by atoms with Crippen LogP contribution < -0.4 is 5.46 Å². The summed E-state index contributed by atoms with van der Waals surface area (Å²) in [5.41, 5.74) is -0.637. The highest BCUT2D eigenvalue weighted by molar-refractivity contribution is 6.59. The van der Waals surface area contributed by atoms with Gasteiger partial charge in [0.05, 0.1) is 5.56 Å². The van der Waals surface area contributed by atoms with E-state index < -0.39 is 24.3 Å². The fourth-order valence-corrected chi connectivity index (χ4v) is 3.09. The third kappa shape index (κ3) is 2.83. The lowest BCUT2D eigenvalue weighted by atomic mass is 9.60. The summed E-state index contributed by atoms with van der Waals surface area (Å²) in [6.45, 7) is 7.80. The topological polar surface area (TPSA) is 40.5 Å². The number of alkyl halides is 3. The second-order valence-electron chi connectivity index (χ2n) is 7.12. The van der Waals surface area contributed by atoms with Crippen molar-refractivity contribution in [1.82, 2.24) is 0 Å². The smallest absolute Gasteiger partial charge is 0.423 e. The highest BCUT2D eigenvalue weighted by atomic mass is 19.4. The molecule has 116 valence electrons. The minimum Gasteiger partial charge on any atom is -0.423 e. The van der Waals surface area contributed by atoms with Gasteiger partial charge in [-0.15, -0.1) is 0 Å². The van der Waals surface area contributed by atoms with E-state index >= 15 is 0 Å². The Bertz CT molecular complexity index is 563. The highest BCUT2D eigenvalue weighted by Gasteiger charge is 2.43. The zero-order valence-corrected chi connectivity index (χ0v) is 12.7. The molecule has 2 N–H and O–H groups in total. The number of hydrogen-bond acceptors (Lipinski definition) is 2. The Balaban J connectivity index is 2.79. The molecule has 0 saturated carbocycles. The predicted octanol–water partition coefficient (Wildman–Crippen LogP) is 2.73. The van der Waals surface area contributed by atoms with Gasteiger partial charge in [-0.2, -0.15) is 13.2 Å². The van der Waals surface area contributed by atoms with Gasteiger partial charge in [0.25, 0.3) is 0 Å². The molecule has 21 heavy (non-hydrogen) atoms. The molecule has 0 bridgehead atoms. The third-order valence-corrected chi connectivity index (χ3v) is 4.61. The summed E-state index contributed by atoms with van der Waals surface area (Å²) >= 11 is 0. The first-order valence-electron chi connectivity index (χ1n) is 6.98. The Morgan fingerprint density at radius 1 is 0.952 bits per heavy atom. The molecule has 1 aliphatic carbocycles. The van der Waals surface area contributed by atoms with E-state index in [2.05, 4.69) is 0 Å². The van der Waals surface area contributed by atoms with E-state index in [1.54, 1.807) is 0 Å². The standard InChI is InChI=1S/C15H20BF3O2/c1-13(2)5-6-14(3,4)10-8-12(16(20)21)11(7-9(10)13)15(17,18)19/h7-8,20-21H,5-6H2,1-4H3. The molecule has 0 atom stereocenters. The first kappa shape index (κ1) is 16.4. The number of hydrogen-bond donors (Lipinski definition) is 2. The molecule has 0 spiro atoms. The average molecular weight is 300 g/mol. The van der Waals surface area contributed by atoms with Crippen molar-refractivity contribution in [3.05, 3.63) is 28.8 Å². The summed E-state index contributed by atoms with van der Waals surface area (Å²) in [6, 6.07) is 2.43. The van der Waals surface area contributed by atoms with Crippen molar-refractivity contribution >= 4 is 12.6 Å². The molecule has 0 fully saturated rings. The normalized spacial score (nSPS) is 20.0. The third-order valence-electron chi connectivity index (χ3n) is 4.61. The van der Waals surface area contributed by atoms with Crippen LogP contribution in [0.2, 0.25) is 0 Å². The lowest BCUT2D eigenvalue weighted by Crippen LogP contribution is -2.41. The van der Waals surface area contributed by atoms with Gasteiger partial charge in [-0.3, -0.25) is 0 Å². The summed E-state index contributed by atoms with van der Waals surface area (Å²) in [7, 11) is -2.13. The van der Waals surface area contributed by atoms with Crippen molar-refractivity contribution < 1.29 is 23.2 Å². The van der Waals surface area contributed by atoms with E-state index in [4.69, 9.17) is 0 Å². The maximum atomic E-state index is 13.2. The molecule has 0 aliphatic heterocycles. The molecule has 1 aromatic carbocycles. The fourth-order valence-electron chi connectivity index (χ4n) is 3.09. The van der Waals surface area contributed by atoms with Gasteiger partial charge in [-0.05, 0) is 46.3 Å². The van der Waals surface area contributed by atoms with E-state index in [0.29, 0.717) is 5.56 Å². The van der Waals surface area contributed by atoms with Gasteiger partial charge in [-0.25, -0.2) is 0 Å². The molecule has 2 nitrogen and oxygen atoms in total. The molecule has 1 aliphatic rings. The summed E-state index contributed by atoms with van der Waals surface area (Å²) < 4.78 is 39.6. The van der Waals surface area contributed by atoms with E-state index in [-0.39, 0.29) is 10.8 Å². The van der Waals surface area contributed by atoms with Gasteiger partial charge in [0, 0.05) is 0 Å². The molecule has 1 aromatic rings. The number of halogens is 3. The molecule has 0 radical (unpaired) electrons. The van der Waals surface area contributed by atoms with Gasteiger partial charge in [0.1, 0.15) is 0 Å². The summed E-state index contributed by atoms with van der Waals surface area (Å²) in [6.07, 6.45) is -2.96. The zero-order valence-electron chi connectivity index (χ0n) is 12.7. The van der Waals surface area contributed by atoms with Crippen LogP contribution in [0.15, 0.2) is 12.1 Å². The lowest BCUT2D eigenvalue weighted by molar-refractivity contribution is -0.137. The van der Waals surface area contributed by atoms with Crippen LogP contribution in [0.3, 0.4) is 0 Å². The Labute approximate surface area is 123 Å². The predicted molar refractivity (Wildman–Crippen MR) is 76.6 cm³/mol. The summed E-state index contributed by atoms with van der Waals surface area (Å²) in [5, 5.41) is 18.7. The lowest BCUT2D eigenvalue weighted by Gasteiger charge is -2.42. The minimum atomic E-state index is -4.61. The molecule has 0 amide bonds. The average Bonchev–Trinajstić information content (AvgIpc) is 2.32. The van der Waals surface area contributed by atoms with E-state index in [0.717, 1.165) is 24.5 Å². The molecule has 0 unspecified atom stereocenters. The van der Waals surface area contributed by atoms with Gasteiger partial charge in [-0.1, -0.05) is 33.8 Å². The van der Waals surface area contributed by atoms with Crippen LogP contribution in [0, 0.1) is 0 Å². The largest absolute Gasteiger partial charge is 0.489 e. The van der Waals surface area contributed by atoms with Crippen LogP contribution in [0.1, 0.15) is 57.2 Å². The Kier molecular flexibility index (Phi) is 3.70. The van der Waals surface area contributed by atoms with Crippen LogP contribution in [0.5, 0.6) is 0 Å². The number of benzene rings is 1. The molecule has 0 aromatic heterocycles. The maximum absolute atomic E-state index is 13.2. The van der Waals surface area contributed by atoms with Gasteiger partial charge < -0.3 is 10.0 Å². The second kappa shape index (κ2) is 4.75. The Hall–Kier alpha value is -1.01. The van der Waals surface area contributed by atoms with Gasteiger partial charge >= 0.3 is 13.3 Å². The van der Waals surface area contributed by atoms with E-state index in [9.17, 15) is 23.2 Å². The van der Waals surface area contributed by atoms with Crippen molar-refractivity contribution in [2.75, 3.05) is 0 Å². The summed E-state index contributed by atoms with van der Waals surface area (Å²) in [4.78, 5) is 0. The molecule has 2 rings (SSSR count). The van der Waals surface area contributed by atoms with Gasteiger partial charge in [0.2, 0.25) is 0 Å². The molecule has 0 heterocycles. The van der Waals surface area contributed by atoms with Crippen molar-refractivity contribution in [1.29, 1.82) is 0 Å². The zero-order chi connectivity index (χ0) is 16.2. The Morgan fingerprint density at radius 3 is 1.76 bits per heavy atom. The fraction of sp³-hybridized carbons (Fsp3) is 0.600. The first-order valence-corrected chi connectivity index (χ1v) is 6.98. The number of rotatable bonds is 1. The summed E-state index contributed by atoms with van der Waals surface area (Å²) in [5.74, 6) is 0. The van der Waals surface area contributed by atoms with Crippen molar-refractivity contribution in [2.24, 2.45) is 0 Å². The SMILES string of the molecule is CC1(C)CCC(C)(C)c2cc(C(F)(F)F)c(B(O)O)cc21. The number of fused-ring (bicyclic) bond motifs is 1. The highest BCUT2D eigenvalue weighted by Crippen LogP contribution is 2.46. The van der Waals surface area contributed by atoms with E-state index in [1.807, 2.05) is 27.7 Å². The molecular weight excluding hydrogens is 280 g/mol. The van der Waals surface area contributed by atoms with Crippen LogP contribution in [0.25, 0.3) is 0 Å². The Morgan fingerprint density at radius 2 is 1.38 bits per heavy atom. The van der Waals surface area contributed by atoms with Crippen molar-refractivity contribution in [3.63, 3.8) is 0 Å². The quantitative estimate of drug-likeness (QED) is 0.783.